The van der Waals surface area contributed by atoms with Gasteiger partial charge in [-0.05, 0) is 42.8 Å². The summed E-state index contributed by atoms with van der Waals surface area (Å²) in [6.07, 6.45) is 3.40. The monoisotopic (exact) mass is 394 g/mol. The maximum atomic E-state index is 9.05. The van der Waals surface area contributed by atoms with Crippen molar-refractivity contribution >= 4 is 45.9 Å². The molecule has 3 heterocycles. The Morgan fingerprint density at radius 1 is 1.07 bits per heavy atom. The number of hydrogen-bond donors (Lipinski definition) is 2. The number of nitrogens with zero attached hydrogens (tertiary/aromatic N) is 4. The van der Waals surface area contributed by atoms with Crippen molar-refractivity contribution in [3.8, 4) is 17.5 Å². The van der Waals surface area contributed by atoms with Crippen LogP contribution in [0, 0.1) is 18.3 Å². The molecule has 27 heavy (non-hydrogen) atoms. The largest absolute Gasteiger partial charge is 0.338 e. The maximum Gasteiger partial charge on any atom is 0.159 e. The minimum atomic E-state index is 0.348. The van der Waals surface area contributed by atoms with Crippen LogP contribution in [0.15, 0.2) is 42.7 Å². The smallest absolute Gasteiger partial charge is 0.159 e. The standard InChI is InChI=1S/C19H12Cl2N6/c1-10-2-4-23-15(6-10)26-19-17-14(3-5-24-19)25-18(27-17)16-12(20)7-11(9-22)8-13(16)21/h2-8H,1H3,(H,25,27)(H,23,24,26). The van der Waals surface area contributed by atoms with Crippen LogP contribution in [0.25, 0.3) is 22.4 Å². The van der Waals surface area contributed by atoms with Crippen LogP contribution < -0.4 is 5.32 Å². The van der Waals surface area contributed by atoms with Crippen molar-refractivity contribution in [2.24, 2.45) is 0 Å². The van der Waals surface area contributed by atoms with Crippen molar-refractivity contribution in [2.75, 3.05) is 5.32 Å². The summed E-state index contributed by atoms with van der Waals surface area (Å²) in [6, 6.07) is 10.8. The van der Waals surface area contributed by atoms with Crippen LogP contribution in [0.5, 0.6) is 0 Å². The number of anilines is 2. The Morgan fingerprint density at radius 2 is 1.81 bits per heavy atom. The van der Waals surface area contributed by atoms with Crippen LogP contribution in [-0.2, 0) is 0 Å². The molecule has 0 unspecified atom stereocenters. The lowest BCUT2D eigenvalue weighted by molar-refractivity contribution is 1.24. The molecule has 0 radical (unpaired) electrons. The highest BCUT2D eigenvalue weighted by Crippen LogP contribution is 2.36. The molecule has 0 aliphatic rings. The second-order valence-electron chi connectivity index (χ2n) is 5.91. The fraction of sp³-hybridized carbons (Fsp3) is 0.0526. The van der Waals surface area contributed by atoms with Gasteiger partial charge >= 0.3 is 0 Å². The average Bonchev–Trinajstić information content (AvgIpc) is 3.05. The number of aromatic amines is 1. The average molecular weight is 395 g/mol. The van der Waals surface area contributed by atoms with Gasteiger partial charge in [-0.3, -0.25) is 0 Å². The number of hydrogen-bond acceptors (Lipinski definition) is 5. The Kier molecular flexibility index (Phi) is 4.40. The second kappa shape index (κ2) is 6.88. The van der Waals surface area contributed by atoms with Gasteiger partial charge in [0.2, 0.25) is 0 Å². The van der Waals surface area contributed by atoms with Crippen LogP contribution in [0.1, 0.15) is 11.1 Å². The first-order valence-corrected chi connectivity index (χ1v) is 8.74. The third kappa shape index (κ3) is 3.31. The molecule has 3 aromatic heterocycles. The summed E-state index contributed by atoms with van der Waals surface area (Å²) >= 11 is 12.7. The van der Waals surface area contributed by atoms with E-state index in [1.807, 2.05) is 31.2 Å². The third-order valence-electron chi connectivity index (χ3n) is 3.97. The maximum absolute atomic E-state index is 9.05. The summed E-state index contributed by atoms with van der Waals surface area (Å²) in [5, 5.41) is 12.9. The van der Waals surface area contributed by atoms with Crippen molar-refractivity contribution in [3.63, 3.8) is 0 Å². The van der Waals surface area contributed by atoms with E-state index in [2.05, 4.69) is 25.3 Å². The van der Waals surface area contributed by atoms with E-state index >= 15 is 0 Å². The van der Waals surface area contributed by atoms with Crippen LogP contribution in [0.4, 0.5) is 11.6 Å². The quantitative estimate of drug-likeness (QED) is 0.495. The third-order valence-corrected chi connectivity index (χ3v) is 4.57. The van der Waals surface area contributed by atoms with Crippen LogP contribution in [0.2, 0.25) is 10.0 Å². The minimum Gasteiger partial charge on any atom is -0.338 e. The molecule has 132 valence electrons. The van der Waals surface area contributed by atoms with E-state index in [-0.39, 0.29) is 0 Å². The van der Waals surface area contributed by atoms with Gasteiger partial charge in [0.25, 0.3) is 0 Å². The topological polar surface area (TPSA) is 90.3 Å². The second-order valence-corrected chi connectivity index (χ2v) is 6.73. The number of imidazole rings is 1. The van der Waals surface area contributed by atoms with Crippen LogP contribution >= 0.6 is 23.2 Å². The molecule has 0 saturated heterocycles. The highest BCUT2D eigenvalue weighted by Gasteiger charge is 2.16. The normalized spacial score (nSPS) is 10.7. The zero-order chi connectivity index (χ0) is 19.0. The molecule has 0 saturated carbocycles. The summed E-state index contributed by atoms with van der Waals surface area (Å²) in [6.45, 7) is 1.99. The number of nitriles is 1. The predicted molar refractivity (Wildman–Crippen MR) is 106 cm³/mol. The number of aryl methyl sites for hydroxylation is 1. The summed E-state index contributed by atoms with van der Waals surface area (Å²) in [7, 11) is 0. The molecule has 6 nitrogen and oxygen atoms in total. The van der Waals surface area contributed by atoms with E-state index in [1.165, 1.54) is 0 Å². The molecule has 4 rings (SSSR count). The number of H-pyrrole nitrogens is 1. The number of rotatable bonds is 3. The van der Waals surface area contributed by atoms with E-state index in [1.54, 1.807) is 24.5 Å². The molecule has 0 aliphatic heterocycles. The van der Waals surface area contributed by atoms with E-state index in [0.29, 0.717) is 44.1 Å². The summed E-state index contributed by atoms with van der Waals surface area (Å²) < 4.78 is 0. The lowest BCUT2D eigenvalue weighted by Gasteiger charge is -2.05. The molecule has 2 N–H and O–H groups in total. The molecule has 0 spiro atoms. The molecule has 0 amide bonds. The van der Waals surface area contributed by atoms with Gasteiger partial charge in [0, 0.05) is 12.4 Å². The first-order chi connectivity index (χ1) is 13.0. The molecular formula is C19H12Cl2N6. The number of benzene rings is 1. The molecule has 4 aromatic rings. The molecule has 0 aliphatic carbocycles. The Balaban J connectivity index is 1.81. The fourth-order valence-electron chi connectivity index (χ4n) is 2.73. The summed E-state index contributed by atoms with van der Waals surface area (Å²) in [5.41, 5.74) is 3.41. The van der Waals surface area contributed by atoms with Crippen LogP contribution in [0.3, 0.4) is 0 Å². The van der Waals surface area contributed by atoms with Crippen molar-refractivity contribution < 1.29 is 0 Å². The molecule has 0 fully saturated rings. The Morgan fingerprint density at radius 3 is 2.52 bits per heavy atom. The number of aromatic nitrogens is 4. The molecule has 0 bridgehead atoms. The molecule has 8 heteroatoms. The lowest BCUT2D eigenvalue weighted by atomic mass is 10.1. The molecule has 0 atom stereocenters. The highest BCUT2D eigenvalue weighted by molar-refractivity contribution is 6.39. The van der Waals surface area contributed by atoms with Gasteiger partial charge in [0.1, 0.15) is 17.2 Å². The first-order valence-electron chi connectivity index (χ1n) is 7.99. The van der Waals surface area contributed by atoms with E-state index in [9.17, 15) is 0 Å². The van der Waals surface area contributed by atoms with Gasteiger partial charge in [0.05, 0.1) is 32.8 Å². The summed E-state index contributed by atoms with van der Waals surface area (Å²) in [5.74, 6) is 1.74. The summed E-state index contributed by atoms with van der Waals surface area (Å²) in [4.78, 5) is 16.5. The van der Waals surface area contributed by atoms with Gasteiger partial charge in [-0.25, -0.2) is 15.0 Å². The van der Waals surface area contributed by atoms with E-state index in [4.69, 9.17) is 28.5 Å². The van der Waals surface area contributed by atoms with Crippen molar-refractivity contribution in [1.29, 1.82) is 5.26 Å². The number of nitrogens with one attached hydrogen (secondary N) is 2. The van der Waals surface area contributed by atoms with Crippen molar-refractivity contribution in [3.05, 3.63) is 63.9 Å². The van der Waals surface area contributed by atoms with Gasteiger partial charge in [-0.1, -0.05) is 23.2 Å². The van der Waals surface area contributed by atoms with Gasteiger partial charge in [0.15, 0.2) is 5.82 Å². The van der Waals surface area contributed by atoms with E-state index in [0.717, 1.165) is 11.1 Å². The van der Waals surface area contributed by atoms with Crippen LogP contribution in [-0.4, -0.2) is 19.9 Å². The SMILES string of the molecule is Cc1ccnc(Nc2nccc3[nH]c(-c4c(Cl)cc(C#N)cc4Cl)nc23)c1. The lowest BCUT2D eigenvalue weighted by Crippen LogP contribution is -1.97. The van der Waals surface area contributed by atoms with Crippen molar-refractivity contribution in [2.45, 2.75) is 6.92 Å². The predicted octanol–water partition coefficient (Wildman–Crippen LogP) is 5.25. The Bertz CT molecular complexity index is 1190. The zero-order valence-electron chi connectivity index (χ0n) is 14.1. The molecular weight excluding hydrogens is 383 g/mol. The molecule has 1 aromatic carbocycles. The highest BCUT2D eigenvalue weighted by atomic mass is 35.5. The zero-order valence-corrected chi connectivity index (χ0v) is 15.6. The Hall–Kier alpha value is -3.14. The Labute approximate surface area is 164 Å². The fourth-order valence-corrected chi connectivity index (χ4v) is 3.40. The van der Waals surface area contributed by atoms with Gasteiger partial charge in [-0.2, -0.15) is 5.26 Å². The van der Waals surface area contributed by atoms with Gasteiger partial charge < -0.3 is 10.3 Å². The number of halogens is 2. The minimum absolute atomic E-state index is 0.348. The van der Waals surface area contributed by atoms with Crippen molar-refractivity contribution in [1.82, 2.24) is 19.9 Å². The first kappa shape index (κ1) is 17.3. The number of pyridine rings is 2. The van der Waals surface area contributed by atoms with E-state index < -0.39 is 0 Å². The number of fused-ring (bicyclic) bond motifs is 1. The van der Waals surface area contributed by atoms with Gasteiger partial charge in [-0.15, -0.1) is 0 Å².